The Morgan fingerprint density at radius 2 is 2.25 bits per heavy atom. The van der Waals surface area contributed by atoms with Gasteiger partial charge in [-0.3, -0.25) is 4.90 Å². The molecule has 72 valence electrons. The summed E-state index contributed by atoms with van der Waals surface area (Å²) >= 11 is 0. The third-order valence-corrected chi connectivity index (χ3v) is 2.52. The lowest BCUT2D eigenvalue weighted by Crippen LogP contribution is -2.34. The van der Waals surface area contributed by atoms with E-state index in [1.165, 1.54) is 0 Å². The van der Waals surface area contributed by atoms with Crippen LogP contribution in [0.4, 0.5) is 4.39 Å². The Balaban J connectivity index is 2.50. The number of hydrogen-bond acceptors (Lipinski definition) is 2. The molecule has 1 heterocycles. The van der Waals surface area contributed by atoms with E-state index in [0.29, 0.717) is 6.54 Å². The van der Waals surface area contributed by atoms with E-state index in [1.54, 1.807) is 0 Å². The molecular formula is C9H18FNO. The zero-order valence-electron chi connectivity index (χ0n) is 7.89. The van der Waals surface area contributed by atoms with Crippen LogP contribution in [0.15, 0.2) is 0 Å². The second-order valence-electron chi connectivity index (χ2n) is 4.36. The van der Waals surface area contributed by atoms with E-state index in [0.717, 1.165) is 13.0 Å². The number of alkyl halides is 1. The first kappa shape index (κ1) is 9.93. The highest BCUT2D eigenvalue weighted by Gasteiger charge is 2.36. The van der Waals surface area contributed by atoms with Crippen LogP contribution in [-0.4, -0.2) is 42.4 Å². The normalized spacial score (nSPS) is 29.5. The maximum Gasteiger partial charge on any atom is 0.102 e. The van der Waals surface area contributed by atoms with Gasteiger partial charge in [0.15, 0.2) is 0 Å². The topological polar surface area (TPSA) is 23.5 Å². The van der Waals surface area contributed by atoms with Gasteiger partial charge in [0, 0.05) is 19.1 Å². The number of rotatable bonds is 3. The fourth-order valence-corrected chi connectivity index (χ4v) is 2.06. The van der Waals surface area contributed by atoms with Crippen LogP contribution in [0.5, 0.6) is 0 Å². The molecule has 1 fully saturated rings. The lowest BCUT2D eigenvalue weighted by atomic mass is 9.91. The van der Waals surface area contributed by atoms with Crippen molar-refractivity contribution >= 4 is 0 Å². The molecule has 3 heteroatoms. The van der Waals surface area contributed by atoms with Crippen LogP contribution in [0.2, 0.25) is 0 Å². The molecule has 0 aliphatic carbocycles. The lowest BCUT2D eigenvalue weighted by Gasteiger charge is -2.21. The Labute approximate surface area is 73.4 Å². The number of halogens is 1. The van der Waals surface area contributed by atoms with E-state index in [-0.39, 0.29) is 24.7 Å². The molecule has 0 aromatic heterocycles. The van der Waals surface area contributed by atoms with Crippen molar-refractivity contribution in [3.05, 3.63) is 0 Å². The number of aliphatic hydroxyl groups is 1. The minimum absolute atomic E-state index is 0.156. The first-order valence-electron chi connectivity index (χ1n) is 4.50. The van der Waals surface area contributed by atoms with E-state index in [2.05, 4.69) is 13.8 Å². The smallest absolute Gasteiger partial charge is 0.102 e. The predicted octanol–water partition coefficient (Wildman–Crippen LogP) is 1.05. The largest absolute Gasteiger partial charge is 0.395 e. The molecule has 1 saturated heterocycles. The molecular weight excluding hydrogens is 157 g/mol. The Kier molecular flexibility index (Phi) is 3.07. The standard InChI is InChI=1S/C9H18FNO/c1-9(2)5-8(6-12)11(7-9)4-3-10/h8,12H,3-7H2,1-2H3. The lowest BCUT2D eigenvalue weighted by molar-refractivity contribution is 0.150. The molecule has 0 bridgehead atoms. The maximum atomic E-state index is 12.1. The van der Waals surface area contributed by atoms with Crippen LogP contribution in [0.25, 0.3) is 0 Å². The molecule has 0 amide bonds. The fourth-order valence-electron chi connectivity index (χ4n) is 2.06. The summed E-state index contributed by atoms with van der Waals surface area (Å²) in [5, 5.41) is 9.03. The molecule has 1 aliphatic heterocycles. The summed E-state index contributed by atoms with van der Waals surface area (Å²) < 4.78 is 12.1. The second kappa shape index (κ2) is 3.71. The van der Waals surface area contributed by atoms with Gasteiger partial charge in [-0.05, 0) is 11.8 Å². The van der Waals surface area contributed by atoms with Gasteiger partial charge in [-0.2, -0.15) is 0 Å². The van der Waals surface area contributed by atoms with Crippen LogP contribution in [0.1, 0.15) is 20.3 Å². The molecule has 12 heavy (non-hydrogen) atoms. The predicted molar refractivity (Wildman–Crippen MR) is 46.8 cm³/mol. The summed E-state index contributed by atoms with van der Waals surface area (Å²) in [6.07, 6.45) is 0.976. The SMILES string of the molecule is CC1(C)CC(CO)N(CCF)C1. The van der Waals surface area contributed by atoms with Gasteiger partial charge in [-0.1, -0.05) is 13.8 Å². The number of likely N-dealkylation sites (tertiary alicyclic amines) is 1. The van der Waals surface area contributed by atoms with E-state index >= 15 is 0 Å². The highest BCUT2D eigenvalue weighted by atomic mass is 19.1. The third kappa shape index (κ3) is 2.17. The monoisotopic (exact) mass is 175 g/mol. The Hall–Kier alpha value is -0.150. The van der Waals surface area contributed by atoms with Crippen molar-refractivity contribution in [1.82, 2.24) is 4.90 Å². The van der Waals surface area contributed by atoms with Crippen molar-refractivity contribution in [1.29, 1.82) is 0 Å². The summed E-state index contributed by atoms with van der Waals surface area (Å²) in [7, 11) is 0. The van der Waals surface area contributed by atoms with Crippen LogP contribution < -0.4 is 0 Å². The van der Waals surface area contributed by atoms with Crippen molar-refractivity contribution in [3.63, 3.8) is 0 Å². The average molecular weight is 175 g/mol. The highest BCUT2D eigenvalue weighted by molar-refractivity contribution is 4.90. The highest BCUT2D eigenvalue weighted by Crippen LogP contribution is 2.33. The first-order valence-corrected chi connectivity index (χ1v) is 4.50. The number of nitrogens with zero attached hydrogens (tertiary/aromatic N) is 1. The second-order valence-corrected chi connectivity index (χ2v) is 4.36. The van der Waals surface area contributed by atoms with Crippen molar-refractivity contribution < 1.29 is 9.50 Å². The average Bonchev–Trinajstić information content (AvgIpc) is 2.26. The summed E-state index contributed by atoms with van der Waals surface area (Å²) in [5.41, 5.74) is 0.239. The Bertz CT molecular complexity index is 149. The van der Waals surface area contributed by atoms with Gasteiger partial charge in [0.25, 0.3) is 0 Å². The quantitative estimate of drug-likeness (QED) is 0.693. The molecule has 1 unspecified atom stereocenters. The van der Waals surface area contributed by atoms with E-state index in [9.17, 15) is 4.39 Å². The van der Waals surface area contributed by atoms with Gasteiger partial charge in [0.05, 0.1) is 6.61 Å². The van der Waals surface area contributed by atoms with Gasteiger partial charge in [0.1, 0.15) is 6.67 Å². The minimum Gasteiger partial charge on any atom is -0.395 e. The molecule has 2 nitrogen and oxygen atoms in total. The zero-order valence-corrected chi connectivity index (χ0v) is 7.89. The van der Waals surface area contributed by atoms with Crippen LogP contribution in [-0.2, 0) is 0 Å². The molecule has 0 saturated carbocycles. The van der Waals surface area contributed by atoms with E-state index in [4.69, 9.17) is 5.11 Å². The van der Waals surface area contributed by atoms with Gasteiger partial charge in [0.2, 0.25) is 0 Å². The molecule has 0 aromatic carbocycles. The Morgan fingerprint density at radius 1 is 1.58 bits per heavy atom. The third-order valence-electron chi connectivity index (χ3n) is 2.52. The molecule has 0 radical (unpaired) electrons. The summed E-state index contributed by atoms with van der Waals surface area (Å²) in [6, 6.07) is 0.177. The van der Waals surface area contributed by atoms with Crippen LogP contribution in [0, 0.1) is 5.41 Å². The van der Waals surface area contributed by atoms with Gasteiger partial charge in [-0.25, -0.2) is 4.39 Å². The van der Waals surface area contributed by atoms with E-state index < -0.39 is 0 Å². The molecule has 0 aromatic rings. The maximum absolute atomic E-state index is 12.1. The Morgan fingerprint density at radius 3 is 2.75 bits per heavy atom. The number of aliphatic hydroxyl groups excluding tert-OH is 1. The minimum atomic E-state index is -0.313. The van der Waals surface area contributed by atoms with Gasteiger partial charge < -0.3 is 5.11 Å². The van der Waals surface area contributed by atoms with Crippen molar-refractivity contribution in [2.75, 3.05) is 26.4 Å². The van der Waals surface area contributed by atoms with Crippen LogP contribution in [0.3, 0.4) is 0 Å². The van der Waals surface area contributed by atoms with Crippen molar-refractivity contribution in [2.24, 2.45) is 5.41 Å². The van der Waals surface area contributed by atoms with Crippen molar-refractivity contribution in [2.45, 2.75) is 26.3 Å². The summed E-state index contributed by atoms with van der Waals surface area (Å²) in [5.74, 6) is 0. The molecule has 1 atom stereocenters. The van der Waals surface area contributed by atoms with Gasteiger partial charge >= 0.3 is 0 Å². The molecule has 0 spiro atoms. The molecule has 1 N–H and O–H groups in total. The summed E-state index contributed by atoms with van der Waals surface area (Å²) in [6.45, 7) is 5.54. The molecule has 1 rings (SSSR count). The van der Waals surface area contributed by atoms with Gasteiger partial charge in [-0.15, -0.1) is 0 Å². The van der Waals surface area contributed by atoms with Crippen molar-refractivity contribution in [3.8, 4) is 0 Å². The number of hydrogen-bond donors (Lipinski definition) is 1. The summed E-state index contributed by atoms with van der Waals surface area (Å²) in [4.78, 5) is 2.04. The molecule has 1 aliphatic rings. The van der Waals surface area contributed by atoms with E-state index in [1.807, 2.05) is 4.90 Å². The van der Waals surface area contributed by atoms with Crippen LogP contribution >= 0.6 is 0 Å². The first-order chi connectivity index (χ1) is 5.59. The fraction of sp³-hybridized carbons (Fsp3) is 1.00. The zero-order chi connectivity index (χ0) is 9.19.